The second-order valence-electron chi connectivity index (χ2n) is 5.51. The van der Waals surface area contributed by atoms with Gasteiger partial charge in [0.2, 0.25) is 0 Å². The molecule has 0 N–H and O–H groups in total. The average Bonchev–Trinajstić information content (AvgIpc) is 3.05. The molecule has 2 aromatic carbocycles. The van der Waals surface area contributed by atoms with E-state index in [1.165, 1.54) is 0 Å². The second kappa shape index (κ2) is 9.04. The molecule has 4 nitrogen and oxygen atoms in total. The van der Waals surface area contributed by atoms with Crippen LogP contribution < -0.4 is 9.47 Å². The van der Waals surface area contributed by atoms with E-state index in [4.69, 9.17) is 32.7 Å². The van der Waals surface area contributed by atoms with Gasteiger partial charge in [0.15, 0.2) is 11.5 Å². The highest BCUT2D eigenvalue weighted by atomic mass is 35.5. The van der Waals surface area contributed by atoms with Crippen molar-refractivity contribution in [2.24, 2.45) is 0 Å². The molecule has 0 atom stereocenters. The highest BCUT2D eigenvalue weighted by molar-refractivity contribution is 7.19. The van der Waals surface area contributed by atoms with Crippen LogP contribution in [-0.2, 0) is 13.2 Å². The van der Waals surface area contributed by atoms with Crippen LogP contribution in [0.2, 0.25) is 0 Å². The topological polar surface area (TPSA) is 52.6 Å². The highest BCUT2D eigenvalue weighted by Gasteiger charge is 2.28. The summed E-state index contributed by atoms with van der Waals surface area (Å²) in [5, 5.41) is -1.48. The van der Waals surface area contributed by atoms with Crippen molar-refractivity contribution in [3.05, 3.63) is 81.5 Å². The number of carbonyl (C=O) groups is 2. The Morgan fingerprint density at radius 2 is 1.07 bits per heavy atom. The van der Waals surface area contributed by atoms with Gasteiger partial charge in [-0.2, -0.15) is 0 Å². The second-order valence-corrected chi connectivity index (χ2v) is 7.22. The Bertz CT molecular complexity index is 863. The Morgan fingerprint density at radius 3 is 1.41 bits per heavy atom. The molecule has 1 aromatic heterocycles. The van der Waals surface area contributed by atoms with E-state index < -0.39 is 10.5 Å². The normalized spacial score (nSPS) is 10.4. The third kappa shape index (κ3) is 4.89. The van der Waals surface area contributed by atoms with Crippen molar-refractivity contribution in [3.8, 4) is 11.5 Å². The standard InChI is InChI=1S/C20H14Cl2O4S/c21-19(23)17-15(25-11-13-7-3-1-4-8-13)16(18(27-17)20(22)24)26-12-14-9-5-2-6-10-14/h1-10H,11-12H2. The van der Waals surface area contributed by atoms with Crippen molar-refractivity contribution in [2.75, 3.05) is 0 Å². The van der Waals surface area contributed by atoms with Gasteiger partial charge in [-0.25, -0.2) is 0 Å². The third-order valence-electron chi connectivity index (χ3n) is 3.63. The monoisotopic (exact) mass is 420 g/mol. The zero-order valence-corrected chi connectivity index (χ0v) is 16.3. The Labute approximate surface area is 170 Å². The first-order chi connectivity index (χ1) is 13.1. The fraction of sp³-hybridized carbons (Fsp3) is 0.100. The predicted octanol–water partition coefficient (Wildman–Crippen LogP) is 5.66. The predicted molar refractivity (Wildman–Crippen MR) is 106 cm³/mol. The summed E-state index contributed by atoms with van der Waals surface area (Å²) in [6.45, 7) is 0.374. The minimum atomic E-state index is -0.739. The van der Waals surface area contributed by atoms with Gasteiger partial charge in [-0.1, -0.05) is 60.7 Å². The number of rotatable bonds is 8. The van der Waals surface area contributed by atoms with Gasteiger partial charge in [0.05, 0.1) is 0 Å². The summed E-state index contributed by atoms with van der Waals surface area (Å²) in [6.07, 6.45) is 0. The van der Waals surface area contributed by atoms with Crippen LogP contribution in [0.25, 0.3) is 0 Å². The molecule has 138 valence electrons. The minimum absolute atomic E-state index is 0.0830. The van der Waals surface area contributed by atoms with E-state index in [9.17, 15) is 9.59 Å². The molecule has 1 heterocycles. The molecular formula is C20H14Cl2O4S. The molecule has 0 radical (unpaired) electrons. The lowest BCUT2D eigenvalue weighted by Gasteiger charge is -2.11. The maximum absolute atomic E-state index is 11.8. The zero-order chi connectivity index (χ0) is 19.2. The van der Waals surface area contributed by atoms with Crippen molar-refractivity contribution in [3.63, 3.8) is 0 Å². The van der Waals surface area contributed by atoms with Gasteiger partial charge in [0.25, 0.3) is 10.5 Å². The molecule has 3 aromatic rings. The molecule has 27 heavy (non-hydrogen) atoms. The minimum Gasteiger partial charge on any atom is -0.483 e. The van der Waals surface area contributed by atoms with Crippen molar-refractivity contribution >= 4 is 45.0 Å². The summed E-state index contributed by atoms with van der Waals surface area (Å²) in [4.78, 5) is 23.8. The molecule has 0 amide bonds. The number of carbonyl (C=O) groups excluding carboxylic acids is 2. The van der Waals surface area contributed by atoms with Crippen molar-refractivity contribution in [1.29, 1.82) is 0 Å². The molecule has 0 aliphatic carbocycles. The number of ether oxygens (including phenoxy) is 2. The van der Waals surface area contributed by atoms with E-state index in [0.717, 1.165) is 22.5 Å². The number of hydrogen-bond acceptors (Lipinski definition) is 5. The van der Waals surface area contributed by atoms with Crippen LogP contribution in [0, 0.1) is 0 Å². The van der Waals surface area contributed by atoms with Crippen molar-refractivity contribution in [2.45, 2.75) is 13.2 Å². The molecule has 0 saturated heterocycles. The Balaban J connectivity index is 1.92. The number of thiophene rings is 1. The van der Waals surface area contributed by atoms with Crippen molar-refractivity contribution in [1.82, 2.24) is 0 Å². The van der Waals surface area contributed by atoms with Crippen LogP contribution in [0.15, 0.2) is 60.7 Å². The van der Waals surface area contributed by atoms with Crippen LogP contribution in [-0.4, -0.2) is 10.5 Å². The first-order valence-corrected chi connectivity index (χ1v) is 9.53. The van der Waals surface area contributed by atoms with Crippen LogP contribution in [0.4, 0.5) is 0 Å². The highest BCUT2D eigenvalue weighted by Crippen LogP contribution is 2.44. The lowest BCUT2D eigenvalue weighted by atomic mass is 10.2. The summed E-state index contributed by atoms with van der Waals surface area (Å²) >= 11 is 12.2. The maximum atomic E-state index is 11.8. The summed E-state index contributed by atoms with van der Waals surface area (Å²) in [6, 6.07) is 18.8. The first-order valence-electron chi connectivity index (χ1n) is 7.96. The quantitative estimate of drug-likeness (QED) is 0.440. The number of hydrogen-bond donors (Lipinski definition) is 0. The molecule has 0 fully saturated rings. The molecule has 0 aliphatic heterocycles. The number of halogens is 2. The SMILES string of the molecule is O=C(Cl)c1sc(C(=O)Cl)c(OCc2ccccc2)c1OCc1ccccc1. The first kappa shape index (κ1) is 19.4. The van der Waals surface area contributed by atoms with Gasteiger partial charge in [0.1, 0.15) is 23.0 Å². The summed E-state index contributed by atoms with van der Waals surface area (Å²) in [5.74, 6) is 0.257. The molecule has 0 aliphatic rings. The summed E-state index contributed by atoms with van der Waals surface area (Å²) in [7, 11) is 0. The fourth-order valence-corrected chi connectivity index (χ4v) is 3.64. The van der Waals surface area contributed by atoms with Crippen LogP contribution in [0.5, 0.6) is 11.5 Å². The smallest absolute Gasteiger partial charge is 0.266 e. The Kier molecular flexibility index (Phi) is 6.50. The van der Waals surface area contributed by atoms with Gasteiger partial charge in [-0.15, -0.1) is 11.3 Å². The number of benzene rings is 2. The van der Waals surface area contributed by atoms with Gasteiger partial charge >= 0.3 is 0 Å². The van der Waals surface area contributed by atoms with E-state index in [0.29, 0.717) is 0 Å². The van der Waals surface area contributed by atoms with Gasteiger partial charge < -0.3 is 9.47 Å². The average molecular weight is 421 g/mol. The molecule has 0 bridgehead atoms. The van der Waals surface area contributed by atoms with E-state index in [2.05, 4.69) is 0 Å². The van der Waals surface area contributed by atoms with Gasteiger partial charge in [0, 0.05) is 0 Å². The van der Waals surface area contributed by atoms with Crippen LogP contribution >= 0.6 is 34.5 Å². The van der Waals surface area contributed by atoms with E-state index >= 15 is 0 Å². The molecule has 3 rings (SSSR count). The van der Waals surface area contributed by atoms with E-state index in [-0.39, 0.29) is 34.5 Å². The largest absolute Gasteiger partial charge is 0.483 e. The van der Waals surface area contributed by atoms with Crippen molar-refractivity contribution < 1.29 is 19.1 Å². The molecule has 0 unspecified atom stereocenters. The fourth-order valence-electron chi connectivity index (χ4n) is 2.38. The summed E-state index contributed by atoms with van der Waals surface area (Å²) in [5.41, 5.74) is 1.79. The van der Waals surface area contributed by atoms with E-state index in [1.54, 1.807) is 0 Å². The third-order valence-corrected chi connectivity index (χ3v) is 5.38. The zero-order valence-electron chi connectivity index (χ0n) is 14.0. The Morgan fingerprint density at radius 1 is 0.704 bits per heavy atom. The molecule has 0 saturated carbocycles. The Hall–Kier alpha value is -2.34. The summed E-state index contributed by atoms with van der Waals surface area (Å²) < 4.78 is 11.6. The molecule has 0 spiro atoms. The van der Waals surface area contributed by atoms with Crippen LogP contribution in [0.3, 0.4) is 0 Å². The lowest BCUT2D eigenvalue weighted by molar-refractivity contribution is 0.107. The van der Waals surface area contributed by atoms with E-state index in [1.807, 2.05) is 60.7 Å². The molecular weight excluding hydrogens is 407 g/mol. The maximum Gasteiger partial charge on any atom is 0.266 e. The lowest BCUT2D eigenvalue weighted by Crippen LogP contribution is -2.02. The molecule has 7 heteroatoms. The van der Waals surface area contributed by atoms with Gasteiger partial charge in [-0.3, -0.25) is 9.59 Å². The van der Waals surface area contributed by atoms with Gasteiger partial charge in [-0.05, 0) is 34.3 Å². The van der Waals surface area contributed by atoms with Crippen LogP contribution in [0.1, 0.15) is 30.5 Å².